The third kappa shape index (κ3) is 4.12. The van der Waals surface area contributed by atoms with Crippen molar-refractivity contribution in [3.8, 4) is 0 Å². The first-order valence-electron chi connectivity index (χ1n) is 8.34. The molecule has 0 aromatic rings. The highest BCUT2D eigenvalue weighted by Crippen LogP contribution is 2.73. The molecule has 0 aliphatic heterocycles. The fraction of sp³-hybridized carbons (Fsp3) is 1.00. The van der Waals surface area contributed by atoms with E-state index in [0.29, 0.717) is 25.6 Å². The van der Waals surface area contributed by atoms with Crippen molar-refractivity contribution in [3.05, 3.63) is 0 Å². The van der Waals surface area contributed by atoms with Crippen LogP contribution in [0, 0.1) is 5.92 Å². The van der Waals surface area contributed by atoms with Gasteiger partial charge in [-0.15, -0.1) is 0 Å². The predicted molar refractivity (Wildman–Crippen MR) is 90.8 cm³/mol. The van der Waals surface area contributed by atoms with Gasteiger partial charge in [0.25, 0.3) is 0 Å². The number of hydrogen-bond donors (Lipinski definition) is 1. The van der Waals surface area contributed by atoms with Gasteiger partial charge in [-0.05, 0) is 25.2 Å². The minimum Gasteiger partial charge on any atom is -0.396 e. The second-order valence-electron chi connectivity index (χ2n) is 8.41. The van der Waals surface area contributed by atoms with Crippen molar-refractivity contribution >= 4 is 7.14 Å². The molecule has 1 aliphatic carbocycles. The lowest BCUT2D eigenvalue weighted by molar-refractivity contribution is 0.0884. The maximum atomic E-state index is 14.1. The van der Waals surface area contributed by atoms with Crippen LogP contribution in [0.2, 0.25) is 0 Å². The van der Waals surface area contributed by atoms with Gasteiger partial charge in [0.1, 0.15) is 7.14 Å². The SMILES string of the molecule is CC(C)(C)P(=O)(C1CCCC1COCCCO)C(C)(C)C. The highest BCUT2D eigenvalue weighted by Gasteiger charge is 2.54. The zero-order valence-electron chi connectivity index (χ0n) is 14.8. The van der Waals surface area contributed by atoms with Gasteiger partial charge in [-0.2, -0.15) is 0 Å². The zero-order valence-corrected chi connectivity index (χ0v) is 15.7. The molecule has 1 saturated carbocycles. The molecule has 0 aromatic carbocycles. The van der Waals surface area contributed by atoms with E-state index in [4.69, 9.17) is 9.84 Å². The molecule has 0 aromatic heterocycles. The Balaban J connectivity index is 2.90. The van der Waals surface area contributed by atoms with Crippen LogP contribution in [-0.2, 0) is 9.30 Å². The summed E-state index contributed by atoms with van der Waals surface area (Å²) >= 11 is 0. The fourth-order valence-electron chi connectivity index (χ4n) is 4.09. The Morgan fingerprint density at radius 2 is 1.67 bits per heavy atom. The van der Waals surface area contributed by atoms with Crippen molar-refractivity contribution in [2.75, 3.05) is 19.8 Å². The highest BCUT2D eigenvalue weighted by molar-refractivity contribution is 7.67. The molecule has 1 rings (SSSR count). The molecule has 1 N–H and O–H groups in total. The summed E-state index contributed by atoms with van der Waals surface area (Å²) < 4.78 is 19.8. The predicted octanol–water partition coefficient (Wildman–Crippen LogP) is 4.51. The van der Waals surface area contributed by atoms with E-state index in [9.17, 15) is 4.57 Å². The van der Waals surface area contributed by atoms with Gasteiger partial charge in [0.05, 0.1) is 6.61 Å². The van der Waals surface area contributed by atoms with E-state index < -0.39 is 7.14 Å². The maximum Gasteiger partial charge on any atom is 0.101 e. The van der Waals surface area contributed by atoms with Gasteiger partial charge in [-0.3, -0.25) is 0 Å². The van der Waals surface area contributed by atoms with Crippen LogP contribution in [0.4, 0.5) is 0 Å². The van der Waals surface area contributed by atoms with E-state index in [1.54, 1.807) is 0 Å². The molecule has 0 bridgehead atoms. The van der Waals surface area contributed by atoms with Crippen molar-refractivity contribution in [1.29, 1.82) is 0 Å². The molecular formula is C17H35O3P. The van der Waals surface area contributed by atoms with Gasteiger partial charge in [-0.1, -0.05) is 48.0 Å². The fourth-order valence-corrected chi connectivity index (χ4v) is 9.47. The summed E-state index contributed by atoms with van der Waals surface area (Å²) in [6.45, 7) is 14.3. The average Bonchev–Trinajstić information content (AvgIpc) is 2.79. The van der Waals surface area contributed by atoms with Crippen molar-refractivity contribution in [1.82, 2.24) is 0 Å². The van der Waals surface area contributed by atoms with Gasteiger partial charge in [0, 0.05) is 29.2 Å². The molecule has 2 unspecified atom stereocenters. The molecular weight excluding hydrogens is 283 g/mol. The third-order valence-electron chi connectivity index (χ3n) is 4.86. The Bertz CT molecular complexity index is 347. The van der Waals surface area contributed by atoms with E-state index in [1.807, 2.05) is 0 Å². The standard InChI is InChI=1S/C17H35O3P/c1-16(2,3)21(19,17(4,5)6)15-10-7-9-14(15)13-20-12-8-11-18/h14-15,18H,7-13H2,1-6H3. The topological polar surface area (TPSA) is 46.5 Å². The second kappa shape index (κ2) is 7.15. The molecule has 21 heavy (non-hydrogen) atoms. The normalized spacial score (nSPS) is 24.5. The van der Waals surface area contributed by atoms with Crippen LogP contribution in [-0.4, -0.2) is 40.9 Å². The molecule has 1 aliphatic rings. The second-order valence-corrected chi connectivity index (χ2v) is 13.1. The number of aliphatic hydroxyl groups excluding tert-OH is 1. The maximum absolute atomic E-state index is 14.1. The van der Waals surface area contributed by atoms with E-state index in [2.05, 4.69) is 41.5 Å². The first-order chi connectivity index (χ1) is 9.55. The van der Waals surface area contributed by atoms with E-state index >= 15 is 0 Å². The number of aliphatic hydroxyl groups is 1. The van der Waals surface area contributed by atoms with Crippen molar-refractivity contribution < 1.29 is 14.4 Å². The Morgan fingerprint density at radius 1 is 1.10 bits per heavy atom. The molecule has 0 heterocycles. The molecule has 0 radical (unpaired) electrons. The Hall–Kier alpha value is 0.150. The zero-order chi connectivity index (χ0) is 16.3. The lowest BCUT2D eigenvalue weighted by Crippen LogP contribution is -2.37. The van der Waals surface area contributed by atoms with Crippen LogP contribution < -0.4 is 0 Å². The third-order valence-corrected chi connectivity index (χ3v) is 10.5. The molecule has 0 amide bonds. The number of ether oxygens (including phenoxy) is 1. The highest BCUT2D eigenvalue weighted by atomic mass is 31.2. The Labute approximate surface area is 131 Å². The molecule has 0 spiro atoms. The largest absolute Gasteiger partial charge is 0.396 e. The van der Waals surface area contributed by atoms with E-state index in [1.165, 1.54) is 0 Å². The number of hydrogen-bond acceptors (Lipinski definition) is 3. The first kappa shape index (κ1) is 19.2. The Kier molecular flexibility index (Phi) is 6.54. The first-order valence-corrected chi connectivity index (χ1v) is 10.1. The molecule has 4 heteroatoms. The van der Waals surface area contributed by atoms with Crippen molar-refractivity contribution in [2.45, 2.75) is 83.2 Å². The van der Waals surface area contributed by atoms with Gasteiger partial charge in [0.2, 0.25) is 0 Å². The minimum atomic E-state index is -2.38. The Morgan fingerprint density at radius 3 is 2.14 bits per heavy atom. The quantitative estimate of drug-likeness (QED) is 0.579. The number of rotatable bonds is 6. The summed E-state index contributed by atoms with van der Waals surface area (Å²) in [6.07, 6.45) is 4.04. The van der Waals surface area contributed by atoms with Crippen LogP contribution in [0.5, 0.6) is 0 Å². The van der Waals surface area contributed by atoms with Crippen LogP contribution >= 0.6 is 7.14 Å². The summed E-state index contributed by atoms with van der Waals surface area (Å²) in [5, 5.41) is 8.50. The molecule has 1 fully saturated rings. The molecule has 126 valence electrons. The van der Waals surface area contributed by atoms with Gasteiger partial charge < -0.3 is 14.4 Å². The smallest absolute Gasteiger partial charge is 0.101 e. The van der Waals surface area contributed by atoms with Gasteiger partial charge in [-0.25, -0.2) is 0 Å². The van der Waals surface area contributed by atoms with E-state index in [0.717, 1.165) is 19.3 Å². The molecule has 2 atom stereocenters. The molecule has 3 nitrogen and oxygen atoms in total. The van der Waals surface area contributed by atoms with Gasteiger partial charge in [0.15, 0.2) is 0 Å². The monoisotopic (exact) mass is 318 g/mol. The van der Waals surface area contributed by atoms with Crippen LogP contribution in [0.3, 0.4) is 0 Å². The average molecular weight is 318 g/mol. The lowest BCUT2D eigenvalue weighted by atomic mass is 10.1. The van der Waals surface area contributed by atoms with Gasteiger partial charge >= 0.3 is 0 Å². The lowest BCUT2D eigenvalue weighted by Gasteiger charge is -2.46. The summed E-state index contributed by atoms with van der Waals surface area (Å²) in [5.74, 6) is 0.410. The van der Waals surface area contributed by atoms with Crippen molar-refractivity contribution in [2.24, 2.45) is 5.92 Å². The van der Waals surface area contributed by atoms with E-state index in [-0.39, 0.29) is 22.6 Å². The minimum absolute atomic E-state index is 0.163. The summed E-state index contributed by atoms with van der Waals surface area (Å²) in [4.78, 5) is 0. The summed E-state index contributed by atoms with van der Waals surface area (Å²) in [6, 6.07) is 0. The van der Waals surface area contributed by atoms with Crippen LogP contribution in [0.25, 0.3) is 0 Å². The summed E-state index contributed by atoms with van der Waals surface area (Å²) in [5.41, 5.74) is 0.284. The van der Waals surface area contributed by atoms with Crippen LogP contribution in [0.1, 0.15) is 67.2 Å². The summed E-state index contributed by atoms with van der Waals surface area (Å²) in [7, 11) is -2.38. The van der Waals surface area contributed by atoms with Crippen molar-refractivity contribution in [3.63, 3.8) is 0 Å². The molecule has 0 saturated heterocycles. The van der Waals surface area contributed by atoms with Crippen LogP contribution in [0.15, 0.2) is 0 Å².